The summed E-state index contributed by atoms with van der Waals surface area (Å²) in [5, 5.41) is 40.3. The first-order valence-electron chi connectivity index (χ1n) is 12.3. The largest absolute Gasteiger partial charge is 0.508 e. The zero-order valence-corrected chi connectivity index (χ0v) is 19.7. The van der Waals surface area contributed by atoms with Crippen LogP contribution in [0.15, 0.2) is 42.6 Å². The van der Waals surface area contributed by atoms with E-state index in [-0.39, 0.29) is 5.41 Å². The molecule has 2 aromatic carbocycles. The highest BCUT2D eigenvalue weighted by Gasteiger charge is 2.63. The van der Waals surface area contributed by atoms with Crippen LogP contribution in [-0.2, 0) is 12.0 Å². The molecule has 1 heterocycles. The van der Waals surface area contributed by atoms with E-state index in [0.29, 0.717) is 41.2 Å². The summed E-state index contributed by atoms with van der Waals surface area (Å²) in [6.45, 7) is 4.22. The first-order valence-corrected chi connectivity index (χ1v) is 12.3. The fraction of sp³-hybridized carbons (Fsp3) is 0.464. The van der Waals surface area contributed by atoms with Crippen LogP contribution < -0.4 is 0 Å². The molecule has 1 aromatic heterocycles. The smallest absolute Gasteiger partial charge is 0.116 e. The molecule has 2 N–H and O–H groups in total. The van der Waals surface area contributed by atoms with E-state index in [2.05, 4.69) is 29.4 Å². The number of nitriles is 1. The summed E-state index contributed by atoms with van der Waals surface area (Å²) in [5.41, 5.74) is 4.41. The molecule has 0 aliphatic heterocycles. The van der Waals surface area contributed by atoms with Gasteiger partial charge in [-0.2, -0.15) is 5.26 Å². The van der Waals surface area contributed by atoms with Gasteiger partial charge in [0.1, 0.15) is 17.0 Å². The number of phenolic OH excluding ortho intramolecular Hbond substituents is 1. The highest BCUT2D eigenvalue weighted by atomic mass is 16.3. The maximum Gasteiger partial charge on any atom is 0.116 e. The summed E-state index contributed by atoms with van der Waals surface area (Å²) in [7, 11) is 0. The molecule has 6 rings (SSSR count). The maximum absolute atomic E-state index is 12.2. The highest BCUT2D eigenvalue weighted by Crippen LogP contribution is 2.66. The van der Waals surface area contributed by atoms with Crippen LogP contribution in [0.2, 0.25) is 0 Å². The molecule has 34 heavy (non-hydrogen) atoms. The van der Waals surface area contributed by atoms with E-state index in [1.54, 1.807) is 10.7 Å². The first-order chi connectivity index (χ1) is 16.3. The van der Waals surface area contributed by atoms with Crippen molar-refractivity contribution in [1.29, 1.82) is 5.26 Å². The lowest BCUT2D eigenvalue weighted by Gasteiger charge is -2.52. The Morgan fingerprint density at radius 2 is 1.97 bits per heavy atom. The normalized spacial score (nSPS) is 31.9. The predicted octanol–water partition coefficient (Wildman–Crippen LogP) is 4.90. The van der Waals surface area contributed by atoms with Crippen molar-refractivity contribution < 1.29 is 10.2 Å². The summed E-state index contributed by atoms with van der Waals surface area (Å²) in [6, 6.07) is 13.7. The molecule has 6 heteroatoms. The lowest BCUT2D eigenvalue weighted by atomic mass is 9.53. The Balaban J connectivity index is 1.33. The number of aliphatic hydroxyl groups is 1. The molecule has 3 aromatic rings. The maximum atomic E-state index is 12.2. The number of benzene rings is 2. The number of phenols is 1. The van der Waals surface area contributed by atoms with Gasteiger partial charge in [-0.15, -0.1) is 5.10 Å². The second kappa shape index (κ2) is 7.41. The van der Waals surface area contributed by atoms with Crippen molar-refractivity contribution >= 4 is 0 Å². The minimum absolute atomic E-state index is 0.256. The van der Waals surface area contributed by atoms with Gasteiger partial charge >= 0.3 is 0 Å². The van der Waals surface area contributed by atoms with E-state index in [9.17, 15) is 15.5 Å². The lowest BCUT2D eigenvalue weighted by molar-refractivity contribution is -0.111. The SMILES string of the molecule is Cc1cc(C#N)cc(-n2cc([C@]3(O)CC[C@H]4[C@@H]5CCc6cc(O)ccc6[C@H]5CC[C@@]43C)nn2)c1. The number of aryl methyl sites for hydroxylation is 2. The quantitative estimate of drug-likeness (QED) is 0.574. The molecule has 3 aliphatic rings. The molecule has 6 nitrogen and oxygen atoms in total. The van der Waals surface area contributed by atoms with Crippen molar-refractivity contribution in [3.8, 4) is 17.5 Å². The zero-order chi connectivity index (χ0) is 23.7. The molecule has 2 fully saturated rings. The Hall–Kier alpha value is -3.17. The van der Waals surface area contributed by atoms with Crippen molar-refractivity contribution in [2.24, 2.45) is 17.3 Å². The third kappa shape index (κ3) is 2.96. The minimum atomic E-state index is -1.02. The molecule has 0 unspecified atom stereocenters. The molecular weight excluding hydrogens is 424 g/mol. The van der Waals surface area contributed by atoms with E-state index >= 15 is 0 Å². The molecule has 3 aliphatic carbocycles. The topological polar surface area (TPSA) is 95.0 Å². The van der Waals surface area contributed by atoms with Crippen molar-refractivity contribution in [2.75, 3.05) is 0 Å². The highest BCUT2D eigenvalue weighted by molar-refractivity contribution is 5.45. The Morgan fingerprint density at radius 1 is 1.12 bits per heavy atom. The molecule has 2 saturated carbocycles. The van der Waals surface area contributed by atoms with Gasteiger partial charge < -0.3 is 10.2 Å². The molecule has 0 saturated heterocycles. The number of nitrogens with zero attached hydrogens (tertiary/aromatic N) is 4. The Kier molecular flexibility index (Phi) is 4.66. The summed E-state index contributed by atoms with van der Waals surface area (Å²) < 4.78 is 1.69. The van der Waals surface area contributed by atoms with Crippen molar-refractivity contribution in [3.05, 3.63) is 70.5 Å². The fourth-order valence-electron chi connectivity index (χ4n) is 7.54. The average Bonchev–Trinajstić information content (AvgIpc) is 3.42. The van der Waals surface area contributed by atoms with Crippen LogP contribution in [0.25, 0.3) is 5.69 Å². The summed E-state index contributed by atoms with van der Waals surface area (Å²) in [6.07, 6.45) is 7.59. The van der Waals surface area contributed by atoms with Gasteiger partial charge in [0, 0.05) is 5.41 Å². The standard InChI is InChI=1S/C28H30N4O2/c1-17-11-18(15-29)13-20(12-17)32-16-26(30-31-32)28(34)10-8-25-24-5-3-19-14-21(33)4-6-22(19)23(24)7-9-27(25,28)2/h4,6,11-14,16,23-25,33-34H,3,5,7-10H2,1-2H3/t23-,24-,25+,27+,28-/m1/s1. The van der Waals surface area contributed by atoms with Crippen LogP contribution in [0.4, 0.5) is 0 Å². The number of hydrogen-bond acceptors (Lipinski definition) is 5. The number of rotatable bonds is 2. The monoisotopic (exact) mass is 454 g/mol. The van der Waals surface area contributed by atoms with Gasteiger partial charge in [0.2, 0.25) is 0 Å². The molecule has 0 amide bonds. The molecule has 0 spiro atoms. The number of hydrogen-bond donors (Lipinski definition) is 2. The number of fused-ring (bicyclic) bond motifs is 5. The van der Waals surface area contributed by atoms with E-state index in [1.165, 1.54) is 11.1 Å². The average molecular weight is 455 g/mol. The lowest BCUT2D eigenvalue weighted by Crippen LogP contribution is -2.49. The van der Waals surface area contributed by atoms with Gasteiger partial charge in [-0.1, -0.05) is 18.2 Å². The second-order valence-corrected chi connectivity index (χ2v) is 10.9. The van der Waals surface area contributed by atoms with Gasteiger partial charge in [0.25, 0.3) is 0 Å². The van der Waals surface area contributed by atoms with E-state index < -0.39 is 5.60 Å². The number of aromatic nitrogens is 3. The molecule has 0 bridgehead atoms. The molecule has 5 atom stereocenters. The summed E-state index contributed by atoms with van der Waals surface area (Å²) in [4.78, 5) is 0. The van der Waals surface area contributed by atoms with Crippen molar-refractivity contribution in [2.45, 2.75) is 63.9 Å². The van der Waals surface area contributed by atoms with Gasteiger partial charge in [-0.05, 0) is 110 Å². The second-order valence-electron chi connectivity index (χ2n) is 10.9. The molecule has 174 valence electrons. The van der Waals surface area contributed by atoms with Crippen LogP contribution in [0.5, 0.6) is 5.75 Å². The summed E-state index contributed by atoms with van der Waals surface area (Å²) in [5.74, 6) is 1.81. The Labute approximate surface area is 199 Å². The van der Waals surface area contributed by atoms with Crippen molar-refractivity contribution in [3.63, 3.8) is 0 Å². The van der Waals surface area contributed by atoms with E-state index in [4.69, 9.17) is 0 Å². The Morgan fingerprint density at radius 3 is 2.79 bits per heavy atom. The van der Waals surface area contributed by atoms with Crippen LogP contribution in [0, 0.1) is 35.5 Å². The van der Waals surface area contributed by atoms with Gasteiger partial charge in [0.05, 0.1) is 23.5 Å². The van der Waals surface area contributed by atoms with Gasteiger partial charge in [0.15, 0.2) is 0 Å². The first kappa shape index (κ1) is 21.4. The fourth-order valence-corrected chi connectivity index (χ4v) is 7.54. The van der Waals surface area contributed by atoms with Crippen molar-refractivity contribution in [1.82, 2.24) is 15.0 Å². The van der Waals surface area contributed by atoms with Crippen LogP contribution in [-0.4, -0.2) is 25.2 Å². The van der Waals surface area contributed by atoms with E-state index in [1.807, 2.05) is 37.4 Å². The Bertz CT molecular complexity index is 1320. The van der Waals surface area contributed by atoms with E-state index in [0.717, 1.165) is 43.4 Å². The molecular formula is C28H30N4O2. The third-order valence-electron chi connectivity index (χ3n) is 9.23. The predicted molar refractivity (Wildman–Crippen MR) is 127 cm³/mol. The zero-order valence-electron chi connectivity index (χ0n) is 19.7. The number of aromatic hydroxyl groups is 1. The van der Waals surface area contributed by atoms with Crippen LogP contribution in [0.3, 0.4) is 0 Å². The van der Waals surface area contributed by atoms with Crippen LogP contribution >= 0.6 is 0 Å². The third-order valence-corrected chi connectivity index (χ3v) is 9.23. The molecule has 0 radical (unpaired) electrons. The van der Waals surface area contributed by atoms with Gasteiger partial charge in [-0.3, -0.25) is 0 Å². The summed E-state index contributed by atoms with van der Waals surface area (Å²) >= 11 is 0. The van der Waals surface area contributed by atoms with Crippen LogP contribution in [0.1, 0.15) is 72.9 Å². The van der Waals surface area contributed by atoms with Gasteiger partial charge in [-0.25, -0.2) is 4.68 Å². The minimum Gasteiger partial charge on any atom is -0.508 e.